The van der Waals surface area contributed by atoms with Crippen LogP contribution < -0.4 is 14.4 Å². The molecule has 0 radical (unpaired) electrons. The van der Waals surface area contributed by atoms with Crippen molar-refractivity contribution in [1.29, 1.82) is 0 Å². The number of nitrogens with zero attached hydrogens (tertiary/aromatic N) is 2. The molecule has 41 heavy (non-hydrogen) atoms. The molecule has 1 atom stereocenters. The topological polar surface area (TPSA) is 96.0 Å². The number of rotatable bonds is 12. The maximum absolute atomic E-state index is 14.0. The van der Waals surface area contributed by atoms with Crippen molar-refractivity contribution < 1.29 is 22.7 Å². The second-order valence-electron chi connectivity index (χ2n) is 10.1. The summed E-state index contributed by atoms with van der Waals surface area (Å²) >= 11 is 3.35. The van der Waals surface area contributed by atoms with Crippen molar-refractivity contribution in [3.63, 3.8) is 0 Å². The smallest absolute Gasteiger partial charge is 0.264 e. The molecule has 1 N–H and O–H groups in total. The first-order chi connectivity index (χ1) is 19.7. The van der Waals surface area contributed by atoms with Gasteiger partial charge in [0, 0.05) is 17.1 Å². The number of benzene rings is 3. The molecule has 10 heteroatoms. The number of halogens is 1. The summed E-state index contributed by atoms with van der Waals surface area (Å²) in [5, 5.41) is 3.08. The van der Waals surface area contributed by atoms with Crippen molar-refractivity contribution in [2.45, 2.75) is 63.1 Å². The fraction of sp³-hybridized carbons (Fsp3) is 0.355. The van der Waals surface area contributed by atoms with Crippen LogP contribution in [-0.2, 0) is 26.2 Å². The van der Waals surface area contributed by atoms with Crippen molar-refractivity contribution in [3.8, 4) is 5.75 Å². The highest BCUT2D eigenvalue weighted by atomic mass is 79.9. The maximum atomic E-state index is 14.0. The minimum absolute atomic E-state index is 0.0454. The molecule has 1 saturated carbocycles. The standard InChI is InChI=1S/C31H36BrN3O5S/c1-3-40-28-17-15-27(16-18-28)35(41(38,39)29-19-13-25(32)14-20-29)22-30(36)34(21-24-9-5-4-6-10-24)23(2)31(37)33-26-11-7-8-12-26/h4-6,9-10,13-20,23,26H,3,7-8,11-12,21-22H2,1-2H3,(H,33,37)/t23-/m1/s1. The zero-order valence-corrected chi connectivity index (χ0v) is 25.7. The second-order valence-corrected chi connectivity index (χ2v) is 12.8. The van der Waals surface area contributed by atoms with Gasteiger partial charge >= 0.3 is 0 Å². The van der Waals surface area contributed by atoms with Crippen molar-refractivity contribution in [2.24, 2.45) is 0 Å². The fourth-order valence-electron chi connectivity index (χ4n) is 4.89. The molecule has 0 saturated heterocycles. The number of hydrogen-bond acceptors (Lipinski definition) is 5. The molecule has 0 aliphatic heterocycles. The molecule has 218 valence electrons. The van der Waals surface area contributed by atoms with E-state index in [4.69, 9.17) is 4.74 Å². The van der Waals surface area contributed by atoms with E-state index in [2.05, 4.69) is 21.2 Å². The summed E-state index contributed by atoms with van der Waals surface area (Å²) in [4.78, 5) is 28.8. The third-order valence-corrected chi connectivity index (χ3v) is 9.50. The van der Waals surface area contributed by atoms with Gasteiger partial charge in [0.05, 0.1) is 17.2 Å². The Kier molecular flexibility index (Phi) is 10.4. The van der Waals surface area contributed by atoms with Crippen LogP contribution in [0.5, 0.6) is 5.75 Å². The van der Waals surface area contributed by atoms with Crippen LogP contribution in [-0.4, -0.2) is 50.4 Å². The highest BCUT2D eigenvalue weighted by molar-refractivity contribution is 9.10. The van der Waals surface area contributed by atoms with Gasteiger partial charge in [-0.1, -0.05) is 59.1 Å². The zero-order valence-electron chi connectivity index (χ0n) is 23.3. The van der Waals surface area contributed by atoms with Crippen LogP contribution in [0.15, 0.2) is 88.2 Å². The third kappa shape index (κ3) is 7.89. The van der Waals surface area contributed by atoms with Crippen molar-refractivity contribution in [2.75, 3.05) is 17.5 Å². The molecule has 0 spiro atoms. The summed E-state index contributed by atoms with van der Waals surface area (Å²) in [6, 6.07) is 21.5. The minimum Gasteiger partial charge on any atom is -0.494 e. The summed E-state index contributed by atoms with van der Waals surface area (Å²) in [5.74, 6) is -0.145. The Morgan fingerprint density at radius 2 is 1.61 bits per heavy atom. The average molecular weight is 643 g/mol. The van der Waals surface area contributed by atoms with Gasteiger partial charge in [-0.15, -0.1) is 0 Å². The van der Waals surface area contributed by atoms with Crippen molar-refractivity contribution in [1.82, 2.24) is 10.2 Å². The highest BCUT2D eigenvalue weighted by Crippen LogP contribution is 2.27. The van der Waals surface area contributed by atoms with Gasteiger partial charge in [0.1, 0.15) is 18.3 Å². The average Bonchev–Trinajstić information content (AvgIpc) is 3.48. The molecule has 3 aromatic carbocycles. The molecule has 1 aliphatic rings. The van der Waals surface area contributed by atoms with E-state index in [0.717, 1.165) is 40.0 Å². The quantitative estimate of drug-likeness (QED) is 0.281. The van der Waals surface area contributed by atoms with Crippen LogP contribution in [0.2, 0.25) is 0 Å². The molecule has 2 amide bonds. The summed E-state index contributed by atoms with van der Waals surface area (Å²) in [6.45, 7) is 3.69. The van der Waals surface area contributed by atoms with Crippen molar-refractivity contribution >= 4 is 43.5 Å². The van der Waals surface area contributed by atoms with Gasteiger partial charge in [-0.25, -0.2) is 8.42 Å². The van der Waals surface area contributed by atoms with Crippen LogP contribution in [0.3, 0.4) is 0 Å². The van der Waals surface area contributed by atoms with Crippen LogP contribution in [0.1, 0.15) is 45.1 Å². The Balaban J connectivity index is 1.67. The Morgan fingerprint density at radius 1 is 0.976 bits per heavy atom. The molecule has 1 fully saturated rings. The number of anilines is 1. The van der Waals surface area contributed by atoms with E-state index in [9.17, 15) is 18.0 Å². The molecule has 1 aliphatic carbocycles. The van der Waals surface area contributed by atoms with Crippen LogP contribution in [0.4, 0.5) is 5.69 Å². The lowest BCUT2D eigenvalue weighted by molar-refractivity contribution is -0.139. The SMILES string of the molecule is CCOc1ccc(N(CC(=O)N(Cc2ccccc2)[C@H](C)C(=O)NC2CCCC2)S(=O)(=O)c2ccc(Br)cc2)cc1. The highest BCUT2D eigenvalue weighted by Gasteiger charge is 2.33. The molecular formula is C31H36BrN3O5S. The molecule has 8 nitrogen and oxygen atoms in total. The molecular weight excluding hydrogens is 606 g/mol. The monoisotopic (exact) mass is 641 g/mol. The molecule has 0 unspecified atom stereocenters. The first-order valence-corrected chi connectivity index (χ1v) is 16.1. The maximum Gasteiger partial charge on any atom is 0.264 e. The Bertz CT molecular complexity index is 1410. The number of amides is 2. The summed E-state index contributed by atoms with van der Waals surface area (Å²) in [5.41, 5.74) is 1.15. The van der Waals surface area contributed by atoms with E-state index in [1.54, 1.807) is 43.3 Å². The third-order valence-electron chi connectivity index (χ3n) is 7.18. The number of nitrogens with one attached hydrogen (secondary N) is 1. The van der Waals surface area contributed by atoms with E-state index in [-0.39, 0.29) is 23.4 Å². The van der Waals surface area contributed by atoms with Gasteiger partial charge in [-0.2, -0.15) is 0 Å². The van der Waals surface area contributed by atoms with Gasteiger partial charge in [0.15, 0.2) is 0 Å². The summed E-state index contributed by atoms with van der Waals surface area (Å²) in [6.07, 6.45) is 3.97. The zero-order chi connectivity index (χ0) is 29.4. The summed E-state index contributed by atoms with van der Waals surface area (Å²) in [7, 11) is -4.14. The normalized spacial score (nSPS) is 14.3. The number of carbonyl (C=O) groups excluding carboxylic acids is 2. The van der Waals surface area contributed by atoms with E-state index in [1.165, 1.54) is 17.0 Å². The molecule has 3 aromatic rings. The number of hydrogen-bond donors (Lipinski definition) is 1. The predicted octanol–water partition coefficient (Wildman–Crippen LogP) is 5.52. The number of ether oxygens (including phenoxy) is 1. The van der Waals surface area contributed by atoms with Gasteiger partial charge in [-0.05, 0) is 80.8 Å². The molecule has 0 aromatic heterocycles. The fourth-order valence-corrected chi connectivity index (χ4v) is 6.57. The Hall–Kier alpha value is -3.37. The lowest BCUT2D eigenvalue weighted by Gasteiger charge is -2.32. The second kappa shape index (κ2) is 14.0. The van der Waals surface area contributed by atoms with Crippen LogP contribution in [0, 0.1) is 0 Å². The van der Waals surface area contributed by atoms with E-state index in [1.807, 2.05) is 37.3 Å². The van der Waals surface area contributed by atoms with E-state index in [0.29, 0.717) is 18.0 Å². The minimum atomic E-state index is -4.14. The van der Waals surface area contributed by atoms with Gasteiger partial charge in [0.25, 0.3) is 10.0 Å². The lowest BCUT2D eigenvalue weighted by Crippen LogP contribution is -2.52. The van der Waals surface area contributed by atoms with Gasteiger partial charge < -0.3 is 15.0 Å². The largest absolute Gasteiger partial charge is 0.494 e. The Labute approximate surface area is 250 Å². The molecule has 4 rings (SSSR count). The lowest BCUT2D eigenvalue weighted by atomic mass is 10.1. The molecule has 0 heterocycles. The predicted molar refractivity (Wildman–Crippen MR) is 163 cm³/mol. The van der Waals surface area contributed by atoms with E-state index >= 15 is 0 Å². The Morgan fingerprint density at radius 3 is 2.22 bits per heavy atom. The van der Waals surface area contributed by atoms with E-state index < -0.39 is 28.5 Å². The first-order valence-electron chi connectivity index (χ1n) is 13.8. The molecule has 0 bridgehead atoms. The van der Waals surface area contributed by atoms with Crippen LogP contribution >= 0.6 is 15.9 Å². The van der Waals surface area contributed by atoms with Gasteiger partial charge in [-0.3, -0.25) is 13.9 Å². The number of sulfonamides is 1. The number of carbonyl (C=O) groups is 2. The van der Waals surface area contributed by atoms with Gasteiger partial charge in [0.2, 0.25) is 11.8 Å². The summed E-state index contributed by atoms with van der Waals surface area (Å²) < 4.78 is 35.2. The first kappa shape index (κ1) is 30.6. The van der Waals surface area contributed by atoms with Crippen molar-refractivity contribution in [3.05, 3.63) is 88.9 Å². The van der Waals surface area contributed by atoms with Crippen LogP contribution in [0.25, 0.3) is 0 Å².